The Kier molecular flexibility index (Phi) is 5.28. The maximum atomic E-state index is 14.6. The smallest absolute Gasteiger partial charge is 0.395 e. The van der Waals surface area contributed by atoms with Crippen molar-refractivity contribution in [3.8, 4) is 11.5 Å². The van der Waals surface area contributed by atoms with Crippen molar-refractivity contribution < 1.29 is 31.8 Å². The van der Waals surface area contributed by atoms with Gasteiger partial charge in [0.05, 0.1) is 22.2 Å². The lowest BCUT2D eigenvalue weighted by molar-refractivity contribution is -0.286. The minimum atomic E-state index is -3.74. The van der Waals surface area contributed by atoms with E-state index in [1.807, 2.05) is 0 Å². The molecule has 1 aromatic carbocycles. The number of piperidine rings is 1. The molecule has 4 heterocycles. The Morgan fingerprint density at radius 1 is 1.26 bits per heavy atom. The highest BCUT2D eigenvalue weighted by atomic mass is 32.1. The van der Waals surface area contributed by atoms with Gasteiger partial charge < -0.3 is 19.8 Å². The second kappa shape index (κ2) is 7.94. The average molecular weight is 498 g/mol. The first-order chi connectivity index (χ1) is 16.0. The van der Waals surface area contributed by atoms with Gasteiger partial charge in [-0.3, -0.25) is 14.5 Å². The van der Waals surface area contributed by atoms with Crippen molar-refractivity contribution >= 4 is 32.6 Å². The van der Waals surface area contributed by atoms with Crippen molar-refractivity contribution in [2.45, 2.75) is 37.5 Å². The zero-order valence-electron chi connectivity index (χ0n) is 17.6. The largest absolute Gasteiger partial charge is 0.586 e. The van der Waals surface area contributed by atoms with Crippen molar-refractivity contribution in [3.63, 3.8) is 0 Å². The number of rotatable bonds is 4. The number of aromatic nitrogens is 2. The number of nitrogens with one attached hydrogen (secondary N) is 2. The van der Waals surface area contributed by atoms with Crippen molar-refractivity contribution in [2.24, 2.45) is 0 Å². The van der Waals surface area contributed by atoms with E-state index in [2.05, 4.69) is 24.8 Å². The Balaban J connectivity index is 1.30. The van der Waals surface area contributed by atoms with E-state index >= 15 is 0 Å². The van der Waals surface area contributed by atoms with Crippen LogP contribution in [-0.4, -0.2) is 52.1 Å². The Hall–Kier alpha value is -3.19. The van der Waals surface area contributed by atoms with Gasteiger partial charge in [0.15, 0.2) is 16.6 Å². The lowest BCUT2D eigenvalue weighted by Crippen LogP contribution is -2.52. The van der Waals surface area contributed by atoms with Crippen molar-refractivity contribution in [2.75, 3.05) is 18.4 Å². The minimum absolute atomic E-state index is 0.0108. The molecular formula is C21H18F4N4O4S. The van der Waals surface area contributed by atoms with E-state index in [0.717, 1.165) is 11.3 Å². The Morgan fingerprint density at radius 3 is 2.71 bits per heavy atom. The highest BCUT2D eigenvalue weighted by Gasteiger charge is 2.46. The summed E-state index contributed by atoms with van der Waals surface area (Å²) in [5.41, 5.74) is 0.236. The second-order valence-electron chi connectivity index (χ2n) is 8.16. The lowest BCUT2D eigenvalue weighted by atomic mass is 9.87. The maximum absolute atomic E-state index is 14.6. The van der Waals surface area contributed by atoms with Gasteiger partial charge in [0.25, 0.3) is 5.92 Å². The van der Waals surface area contributed by atoms with Gasteiger partial charge in [0.2, 0.25) is 11.5 Å². The number of likely N-dealkylation sites (tertiary alicyclic amines) is 1. The van der Waals surface area contributed by atoms with Crippen molar-refractivity contribution in [3.05, 3.63) is 46.4 Å². The summed E-state index contributed by atoms with van der Waals surface area (Å²) in [5.74, 6) is -4.90. The molecule has 1 amide bonds. The standard InChI is InChI=1S/C21H18F4N4O4S/c1-10(29-5-4-20(22,23)12(9-29)11-2-3-17(30)26-8-11)18(31)28-19-27-13-6-14-15(7-16(13)34-19)33-21(24,25)32-14/h2-3,6-8,10,12H,4-5,9H2,1H3,(H,26,30)(H,27,28,31)/t10-,12+/m0/s1. The topological polar surface area (TPSA) is 96.6 Å². The first-order valence-corrected chi connectivity index (χ1v) is 11.1. The van der Waals surface area contributed by atoms with Crippen LogP contribution in [0.3, 0.4) is 0 Å². The van der Waals surface area contributed by atoms with E-state index in [4.69, 9.17) is 0 Å². The molecule has 1 saturated heterocycles. The summed E-state index contributed by atoms with van der Waals surface area (Å²) in [6.07, 6.45) is -2.90. The number of pyridine rings is 1. The lowest BCUT2D eigenvalue weighted by Gasteiger charge is -2.40. The summed E-state index contributed by atoms with van der Waals surface area (Å²) in [6, 6.07) is 4.46. The van der Waals surface area contributed by atoms with Gasteiger partial charge in [-0.05, 0) is 12.5 Å². The molecule has 2 aliphatic rings. The minimum Gasteiger partial charge on any atom is -0.395 e. The molecule has 34 heavy (non-hydrogen) atoms. The van der Waals surface area contributed by atoms with Crippen LogP contribution in [0.5, 0.6) is 11.5 Å². The Labute approximate surface area is 193 Å². The summed E-state index contributed by atoms with van der Waals surface area (Å²) >= 11 is 1.06. The third-order valence-electron chi connectivity index (χ3n) is 5.94. The molecule has 0 bridgehead atoms. The number of nitrogens with zero attached hydrogens (tertiary/aromatic N) is 2. The van der Waals surface area contributed by atoms with Gasteiger partial charge >= 0.3 is 6.29 Å². The third-order valence-corrected chi connectivity index (χ3v) is 6.87. The monoisotopic (exact) mass is 498 g/mol. The number of hydrogen-bond donors (Lipinski definition) is 2. The summed E-state index contributed by atoms with van der Waals surface area (Å²) < 4.78 is 65.0. The first kappa shape index (κ1) is 22.6. The molecule has 5 rings (SSSR count). The fraction of sp³-hybridized carbons (Fsp3) is 0.381. The van der Waals surface area contributed by atoms with Crippen LogP contribution < -0.4 is 20.3 Å². The number of alkyl halides is 4. The number of hydrogen-bond acceptors (Lipinski definition) is 7. The molecule has 0 unspecified atom stereocenters. The van der Waals surface area contributed by atoms with E-state index in [9.17, 15) is 27.2 Å². The average Bonchev–Trinajstić information content (AvgIpc) is 3.28. The number of carbonyl (C=O) groups is 1. The Morgan fingerprint density at radius 2 is 2.00 bits per heavy atom. The number of ether oxygens (including phenoxy) is 2. The maximum Gasteiger partial charge on any atom is 0.586 e. The van der Waals surface area contributed by atoms with Crippen molar-refractivity contribution in [1.29, 1.82) is 0 Å². The van der Waals surface area contributed by atoms with Crippen LogP contribution in [0.1, 0.15) is 24.8 Å². The zero-order chi connectivity index (χ0) is 24.3. The van der Waals surface area contributed by atoms with E-state index in [-0.39, 0.29) is 40.8 Å². The number of carbonyl (C=O) groups excluding carboxylic acids is 1. The van der Waals surface area contributed by atoms with Crippen molar-refractivity contribution in [1.82, 2.24) is 14.9 Å². The number of anilines is 1. The highest BCUT2D eigenvalue weighted by Crippen LogP contribution is 2.45. The Bertz CT molecular complexity index is 1260. The molecule has 180 valence electrons. The number of H-pyrrole nitrogens is 1. The molecule has 2 aromatic heterocycles. The molecule has 0 radical (unpaired) electrons. The van der Waals surface area contributed by atoms with E-state index in [0.29, 0.717) is 10.2 Å². The molecule has 3 aromatic rings. The summed E-state index contributed by atoms with van der Waals surface area (Å²) in [4.78, 5) is 32.4. The molecule has 0 aliphatic carbocycles. The van der Waals surface area contributed by atoms with Crippen LogP contribution in [0.4, 0.5) is 22.7 Å². The molecule has 2 aliphatic heterocycles. The normalized spacial score (nSPS) is 22.0. The number of aromatic amines is 1. The number of benzene rings is 1. The predicted molar refractivity (Wildman–Crippen MR) is 115 cm³/mol. The van der Waals surface area contributed by atoms with Crippen LogP contribution in [0.2, 0.25) is 0 Å². The van der Waals surface area contributed by atoms with Crippen LogP contribution in [-0.2, 0) is 4.79 Å². The van der Waals surface area contributed by atoms with E-state index in [1.165, 1.54) is 30.5 Å². The molecule has 1 fully saturated rings. The van der Waals surface area contributed by atoms with Gasteiger partial charge in [0.1, 0.15) is 0 Å². The van der Waals surface area contributed by atoms with Crippen LogP contribution in [0.25, 0.3) is 10.2 Å². The van der Waals surface area contributed by atoms with Crippen LogP contribution >= 0.6 is 11.3 Å². The number of thiazole rings is 1. The SMILES string of the molecule is C[C@@H](C(=O)Nc1nc2cc3c(cc2s1)OC(F)(F)O3)N1CCC(F)(F)[C@@H](c2ccc(=O)[nH]c2)C1. The highest BCUT2D eigenvalue weighted by molar-refractivity contribution is 7.22. The van der Waals surface area contributed by atoms with Gasteiger partial charge in [-0.15, -0.1) is 8.78 Å². The molecule has 2 atom stereocenters. The van der Waals surface area contributed by atoms with E-state index < -0.39 is 36.5 Å². The van der Waals surface area contributed by atoms with Gasteiger partial charge in [-0.1, -0.05) is 17.4 Å². The fourth-order valence-corrected chi connectivity index (χ4v) is 4.95. The first-order valence-electron chi connectivity index (χ1n) is 10.3. The number of fused-ring (bicyclic) bond motifs is 2. The van der Waals surface area contributed by atoms with Gasteiger partial charge in [-0.25, -0.2) is 13.8 Å². The molecular weight excluding hydrogens is 480 g/mol. The number of halogens is 4. The fourth-order valence-electron chi connectivity index (χ4n) is 4.07. The molecule has 2 N–H and O–H groups in total. The van der Waals surface area contributed by atoms with E-state index in [1.54, 1.807) is 11.8 Å². The summed E-state index contributed by atoms with van der Waals surface area (Å²) in [6.45, 7) is 1.54. The van der Waals surface area contributed by atoms with Gasteiger partial charge in [-0.2, -0.15) is 0 Å². The third kappa shape index (κ3) is 4.20. The molecule has 0 saturated carbocycles. The van der Waals surface area contributed by atoms with Gasteiger partial charge in [0, 0.05) is 43.9 Å². The quantitative estimate of drug-likeness (QED) is 0.532. The van der Waals surface area contributed by atoms with Crippen LogP contribution in [0.15, 0.2) is 35.3 Å². The summed E-state index contributed by atoms with van der Waals surface area (Å²) in [5, 5.41) is 2.89. The molecule has 13 heteroatoms. The molecule has 8 nitrogen and oxygen atoms in total. The zero-order valence-corrected chi connectivity index (χ0v) is 18.4. The number of amides is 1. The summed E-state index contributed by atoms with van der Waals surface area (Å²) in [7, 11) is 0. The second-order valence-corrected chi connectivity index (χ2v) is 9.19. The molecule has 0 spiro atoms. The predicted octanol–water partition coefficient (Wildman–Crippen LogP) is 3.76. The van der Waals surface area contributed by atoms with Crippen LogP contribution in [0, 0.1) is 0 Å².